The van der Waals surface area contributed by atoms with Crippen molar-refractivity contribution in [2.24, 2.45) is 5.84 Å². The second-order valence-corrected chi connectivity index (χ2v) is 3.95. The van der Waals surface area contributed by atoms with Crippen molar-refractivity contribution in [3.8, 4) is 11.1 Å². The molecule has 2 heterocycles. The van der Waals surface area contributed by atoms with E-state index in [0.717, 1.165) is 23.2 Å². The van der Waals surface area contributed by atoms with E-state index in [2.05, 4.69) is 15.4 Å². The number of hydrogen-bond acceptors (Lipinski definition) is 4. The van der Waals surface area contributed by atoms with Gasteiger partial charge in [0.15, 0.2) is 5.82 Å². The molecule has 0 spiro atoms. The maximum absolute atomic E-state index is 6.09. The molecule has 0 fully saturated rings. The third kappa shape index (κ3) is 2.38. The second kappa shape index (κ2) is 5.12. The summed E-state index contributed by atoms with van der Waals surface area (Å²) in [6.45, 7) is 2.04. The third-order valence-electron chi connectivity index (χ3n) is 2.52. The Morgan fingerprint density at radius 3 is 2.65 bits per heavy atom. The van der Waals surface area contributed by atoms with Gasteiger partial charge < -0.3 is 5.43 Å². The van der Waals surface area contributed by atoms with E-state index in [4.69, 9.17) is 17.4 Å². The molecule has 3 N–H and O–H groups in total. The highest BCUT2D eigenvalue weighted by Crippen LogP contribution is 2.29. The number of aryl methyl sites for hydroxylation is 1. The summed E-state index contributed by atoms with van der Waals surface area (Å²) in [5.41, 5.74) is 5.51. The van der Waals surface area contributed by atoms with Gasteiger partial charge in [-0.2, -0.15) is 0 Å². The molecule has 0 radical (unpaired) electrons. The zero-order valence-corrected chi connectivity index (χ0v) is 10.2. The zero-order chi connectivity index (χ0) is 12.3. The Morgan fingerprint density at radius 2 is 2.06 bits per heavy atom. The van der Waals surface area contributed by atoms with Gasteiger partial charge in [-0.25, -0.2) is 10.8 Å². The Hall–Kier alpha value is -1.65. The van der Waals surface area contributed by atoms with Crippen LogP contribution in [0.15, 0.2) is 30.6 Å². The van der Waals surface area contributed by atoms with Crippen molar-refractivity contribution in [2.75, 3.05) is 5.43 Å². The van der Waals surface area contributed by atoms with Gasteiger partial charge in [0.1, 0.15) is 0 Å². The van der Waals surface area contributed by atoms with E-state index >= 15 is 0 Å². The Morgan fingerprint density at radius 1 is 1.35 bits per heavy atom. The van der Waals surface area contributed by atoms with Crippen LogP contribution in [0.2, 0.25) is 5.02 Å². The van der Waals surface area contributed by atoms with E-state index in [0.29, 0.717) is 10.8 Å². The number of hydrogen-bond donors (Lipinski definition) is 2. The number of halogens is 1. The molecule has 0 aliphatic heterocycles. The summed E-state index contributed by atoms with van der Waals surface area (Å²) < 4.78 is 0. The number of rotatable bonds is 3. The summed E-state index contributed by atoms with van der Waals surface area (Å²) in [6.07, 6.45) is 4.30. The van der Waals surface area contributed by atoms with Gasteiger partial charge in [0.2, 0.25) is 0 Å². The van der Waals surface area contributed by atoms with Crippen molar-refractivity contribution in [3.63, 3.8) is 0 Å². The highest BCUT2D eigenvalue weighted by atomic mass is 35.5. The lowest BCUT2D eigenvalue weighted by Crippen LogP contribution is -2.10. The average Bonchev–Trinajstić information content (AvgIpc) is 2.39. The minimum Gasteiger partial charge on any atom is -0.307 e. The largest absolute Gasteiger partial charge is 0.307 e. The number of nitrogens with one attached hydrogen (secondary N) is 1. The molecule has 88 valence electrons. The number of hydrazine groups is 1. The normalized spacial score (nSPS) is 10.3. The van der Waals surface area contributed by atoms with Crippen LogP contribution in [0.25, 0.3) is 11.1 Å². The van der Waals surface area contributed by atoms with Gasteiger partial charge in [0, 0.05) is 18.0 Å². The van der Waals surface area contributed by atoms with Gasteiger partial charge >= 0.3 is 0 Å². The van der Waals surface area contributed by atoms with Crippen LogP contribution in [0.1, 0.15) is 12.6 Å². The van der Waals surface area contributed by atoms with Crippen LogP contribution in [-0.2, 0) is 6.42 Å². The topological polar surface area (TPSA) is 63.8 Å². The molecule has 2 rings (SSSR count). The van der Waals surface area contributed by atoms with Crippen molar-refractivity contribution in [1.82, 2.24) is 9.97 Å². The smallest absolute Gasteiger partial charge is 0.159 e. The first-order valence-electron chi connectivity index (χ1n) is 5.32. The lowest BCUT2D eigenvalue weighted by atomic mass is 10.0. The maximum atomic E-state index is 6.09. The monoisotopic (exact) mass is 248 g/mol. The van der Waals surface area contributed by atoms with E-state index in [-0.39, 0.29) is 0 Å². The quantitative estimate of drug-likeness (QED) is 0.648. The second-order valence-electron chi connectivity index (χ2n) is 3.55. The minimum atomic E-state index is 0.501. The lowest BCUT2D eigenvalue weighted by Gasteiger charge is -2.11. The highest BCUT2D eigenvalue weighted by Gasteiger charge is 2.10. The van der Waals surface area contributed by atoms with Gasteiger partial charge in [0.25, 0.3) is 0 Å². The lowest BCUT2D eigenvalue weighted by molar-refractivity contribution is 1.03. The first-order chi connectivity index (χ1) is 8.26. The van der Waals surface area contributed by atoms with Crippen LogP contribution in [0.5, 0.6) is 0 Å². The number of nitrogens with two attached hydrogens (primary N) is 1. The molecule has 0 saturated carbocycles. The summed E-state index contributed by atoms with van der Waals surface area (Å²) in [6, 6.07) is 5.74. The van der Waals surface area contributed by atoms with Gasteiger partial charge in [-0.1, -0.05) is 18.5 Å². The summed E-state index contributed by atoms with van der Waals surface area (Å²) in [4.78, 5) is 8.39. The van der Waals surface area contributed by atoms with Crippen LogP contribution in [0, 0.1) is 0 Å². The van der Waals surface area contributed by atoms with Crippen molar-refractivity contribution >= 4 is 17.4 Å². The predicted octanol–water partition coefficient (Wildman–Crippen LogP) is 2.65. The molecular formula is C12H13ClN4. The maximum Gasteiger partial charge on any atom is 0.159 e. The van der Waals surface area contributed by atoms with Crippen LogP contribution in [0.4, 0.5) is 5.82 Å². The first kappa shape index (κ1) is 11.8. The molecule has 0 amide bonds. The summed E-state index contributed by atoms with van der Waals surface area (Å²) >= 11 is 6.09. The number of nitrogens with zero attached hydrogens (tertiary/aromatic N) is 2. The molecule has 0 aromatic carbocycles. The number of nitrogen functional groups attached to an aromatic ring is 1. The summed E-state index contributed by atoms with van der Waals surface area (Å²) in [7, 11) is 0. The molecule has 17 heavy (non-hydrogen) atoms. The SMILES string of the molecule is CCc1nc(NN)c(Cl)cc1-c1ccncc1. The van der Waals surface area contributed by atoms with Crippen LogP contribution < -0.4 is 11.3 Å². The third-order valence-corrected chi connectivity index (χ3v) is 2.81. The molecular weight excluding hydrogens is 236 g/mol. The molecule has 5 heteroatoms. The Balaban J connectivity index is 2.58. The molecule has 0 atom stereocenters. The van der Waals surface area contributed by atoms with Gasteiger partial charge in [-0.3, -0.25) is 4.98 Å². The Labute approximate surface area is 105 Å². The van der Waals surface area contributed by atoms with E-state index in [1.807, 2.05) is 25.1 Å². The summed E-state index contributed by atoms with van der Waals surface area (Å²) in [5.74, 6) is 5.86. The van der Waals surface area contributed by atoms with E-state index in [1.165, 1.54) is 0 Å². The fourth-order valence-electron chi connectivity index (χ4n) is 1.68. The van der Waals surface area contributed by atoms with Gasteiger partial charge in [-0.05, 0) is 30.2 Å². The first-order valence-corrected chi connectivity index (χ1v) is 5.70. The van der Waals surface area contributed by atoms with Crippen LogP contribution in [-0.4, -0.2) is 9.97 Å². The van der Waals surface area contributed by atoms with Crippen molar-refractivity contribution in [1.29, 1.82) is 0 Å². The molecule has 4 nitrogen and oxygen atoms in total. The van der Waals surface area contributed by atoms with Crippen molar-refractivity contribution in [3.05, 3.63) is 41.3 Å². The van der Waals surface area contributed by atoms with E-state index in [1.54, 1.807) is 12.4 Å². The fraction of sp³-hybridized carbons (Fsp3) is 0.167. The van der Waals surface area contributed by atoms with Gasteiger partial charge in [0.05, 0.1) is 10.7 Å². The van der Waals surface area contributed by atoms with Gasteiger partial charge in [-0.15, -0.1) is 0 Å². The Bertz CT molecular complexity index is 513. The molecule has 0 saturated heterocycles. The van der Waals surface area contributed by atoms with Crippen LogP contribution in [0.3, 0.4) is 0 Å². The predicted molar refractivity (Wildman–Crippen MR) is 69.7 cm³/mol. The minimum absolute atomic E-state index is 0.501. The number of aromatic nitrogens is 2. The Kier molecular flexibility index (Phi) is 3.56. The fourth-order valence-corrected chi connectivity index (χ4v) is 1.89. The van der Waals surface area contributed by atoms with E-state index in [9.17, 15) is 0 Å². The molecule has 0 unspecified atom stereocenters. The number of pyridine rings is 2. The highest BCUT2D eigenvalue weighted by molar-refractivity contribution is 6.33. The summed E-state index contributed by atoms with van der Waals surface area (Å²) in [5, 5.41) is 0.511. The van der Waals surface area contributed by atoms with Crippen molar-refractivity contribution in [2.45, 2.75) is 13.3 Å². The van der Waals surface area contributed by atoms with Crippen molar-refractivity contribution < 1.29 is 0 Å². The molecule has 0 bridgehead atoms. The van der Waals surface area contributed by atoms with Crippen LogP contribution >= 0.6 is 11.6 Å². The average molecular weight is 249 g/mol. The molecule has 2 aromatic rings. The number of anilines is 1. The molecule has 2 aromatic heterocycles. The standard InChI is InChI=1S/C12H13ClN4/c1-2-11-9(8-3-5-15-6-4-8)7-10(13)12(16-11)17-14/h3-7H,2,14H2,1H3,(H,16,17). The molecule has 0 aliphatic carbocycles. The van der Waals surface area contributed by atoms with E-state index < -0.39 is 0 Å². The zero-order valence-electron chi connectivity index (χ0n) is 9.44. The molecule has 0 aliphatic rings.